The van der Waals surface area contributed by atoms with Crippen molar-refractivity contribution >= 4 is 11.9 Å². The van der Waals surface area contributed by atoms with E-state index in [1.54, 1.807) is 31.3 Å². The number of carbonyl (C=O) groups excluding carboxylic acids is 1. The Morgan fingerprint density at radius 2 is 1.86 bits per heavy atom. The number of aliphatic carboxylic acids is 1. The van der Waals surface area contributed by atoms with Crippen LogP contribution in [-0.2, 0) is 23.1 Å². The highest BCUT2D eigenvalue weighted by atomic mass is 16.5. The SMILES string of the molecule is Cn1nnc(-c2ccc(OCC(=O)NC(Cc3ccccc3)C(=O)O)cc2)n1. The predicted molar refractivity (Wildman–Crippen MR) is 99.4 cm³/mol. The molecule has 0 saturated carbocycles. The van der Waals surface area contributed by atoms with Gasteiger partial charge in [0.15, 0.2) is 6.61 Å². The van der Waals surface area contributed by atoms with Gasteiger partial charge in [0.2, 0.25) is 5.82 Å². The molecule has 0 bridgehead atoms. The smallest absolute Gasteiger partial charge is 0.326 e. The predicted octanol–water partition coefficient (Wildman–Crippen LogP) is 1.07. The Hall–Kier alpha value is -3.75. The number of amides is 1. The van der Waals surface area contributed by atoms with Crippen LogP contribution in [0.25, 0.3) is 11.4 Å². The third kappa shape index (κ3) is 5.13. The molecule has 1 unspecified atom stereocenters. The van der Waals surface area contributed by atoms with Gasteiger partial charge in [-0.1, -0.05) is 30.3 Å². The fraction of sp³-hybridized carbons (Fsp3) is 0.211. The molecule has 2 N–H and O–H groups in total. The highest BCUT2D eigenvalue weighted by molar-refractivity contribution is 5.84. The Balaban J connectivity index is 1.53. The molecule has 0 aliphatic rings. The number of nitrogens with one attached hydrogen (secondary N) is 1. The second-order valence-electron chi connectivity index (χ2n) is 6.06. The summed E-state index contributed by atoms with van der Waals surface area (Å²) in [5, 5.41) is 23.6. The molecule has 0 saturated heterocycles. The van der Waals surface area contributed by atoms with E-state index in [2.05, 4.69) is 20.7 Å². The Labute approximate surface area is 160 Å². The van der Waals surface area contributed by atoms with Crippen LogP contribution in [0.3, 0.4) is 0 Å². The van der Waals surface area contributed by atoms with E-state index in [4.69, 9.17) is 4.74 Å². The van der Waals surface area contributed by atoms with Crippen molar-refractivity contribution in [3.05, 3.63) is 60.2 Å². The molecule has 1 amide bonds. The van der Waals surface area contributed by atoms with E-state index in [1.165, 1.54) is 4.80 Å². The summed E-state index contributed by atoms with van der Waals surface area (Å²) in [7, 11) is 1.68. The number of benzene rings is 2. The number of aromatic nitrogens is 4. The Kier molecular flexibility index (Phi) is 5.95. The number of carboxylic acid groups (broad SMARTS) is 1. The van der Waals surface area contributed by atoms with Crippen LogP contribution < -0.4 is 10.1 Å². The summed E-state index contributed by atoms with van der Waals surface area (Å²) in [5.74, 6) is -0.657. The third-order valence-electron chi connectivity index (χ3n) is 3.91. The van der Waals surface area contributed by atoms with Gasteiger partial charge in [0.05, 0.1) is 7.05 Å². The molecule has 1 aromatic heterocycles. The number of carboxylic acids is 1. The number of rotatable bonds is 8. The van der Waals surface area contributed by atoms with Crippen LogP contribution in [0.4, 0.5) is 0 Å². The molecule has 0 aliphatic heterocycles. The topological polar surface area (TPSA) is 119 Å². The molecule has 0 spiro atoms. The number of ether oxygens (including phenoxy) is 1. The van der Waals surface area contributed by atoms with E-state index in [-0.39, 0.29) is 13.0 Å². The minimum atomic E-state index is -1.10. The summed E-state index contributed by atoms with van der Waals surface area (Å²) in [6, 6.07) is 14.9. The summed E-state index contributed by atoms with van der Waals surface area (Å²) >= 11 is 0. The first kappa shape index (κ1) is 19.0. The third-order valence-corrected chi connectivity index (χ3v) is 3.91. The van der Waals surface area contributed by atoms with Crippen molar-refractivity contribution in [2.75, 3.05) is 6.61 Å². The van der Waals surface area contributed by atoms with Gasteiger partial charge in [-0.05, 0) is 35.0 Å². The van der Waals surface area contributed by atoms with Gasteiger partial charge in [-0.25, -0.2) is 4.79 Å². The van der Waals surface area contributed by atoms with Crippen molar-refractivity contribution in [3.8, 4) is 17.1 Å². The molecule has 3 aromatic rings. The molecule has 0 radical (unpaired) electrons. The fourth-order valence-corrected chi connectivity index (χ4v) is 2.53. The molecule has 9 nitrogen and oxygen atoms in total. The fourth-order valence-electron chi connectivity index (χ4n) is 2.53. The number of carbonyl (C=O) groups is 2. The van der Waals surface area contributed by atoms with Crippen LogP contribution in [0.15, 0.2) is 54.6 Å². The maximum atomic E-state index is 12.1. The molecule has 144 valence electrons. The minimum Gasteiger partial charge on any atom is -0.484 e. The molecular weight excluding hydrogens is 362 g/mol. The average molecular weight is 381 g/mol. The van der Waals surface area contributed by atoms with Gasteiger partial charge >= 0.3 is 5.97 Å². The second kappa shape index (κ2) is 8.76. The molecule has 1 atom stereocenters. The van der Waals surface area contributed by atoms with Crippen LogP contribution in [0.2, 0.25) is 0 Å². The zero-order valence-corrected chi connectivity index (χ0v) is 15.1. The van der Waals surface area contributed by atoms with E-state index in [9.17, 15) is 14.7 Å². The van der Waals surface area contributed by atoms with Gasteiger partial charge in [-0.2, -0.15) is 4.80 Å². The molecule has 9 heteroatoms. The Morgan fingerprint density at radius 1 is 1.14 bits per heavy atom. The first-order valence-electron chi connectivity index (χ1n) is 8.54. The minimum absolute atomic E-state index is 0.196. The van der Waals surface area contributed by atoms with Gasteiger partial charge in [0.25, 0.3) is 5.91 Å². The van der Waals surface area contributed by atoms with Crippen LogP contribution in [-0.4, -0.2) is 49.8 Å². The van der Waals surface area contributed by atoms with E-state index in [0.29, 0.717) is 11.6 Å². The van der Waals surface area contributed by atoms with Crippen LogP contribution >= 0.6 is 0 Å². The zero-order valence-electron chi connectivity index (χ0n) is 15.1. The lowest BCUT2D eigenvalue weighted by Crippen LogP contribution is -2.44. The Morgan fingerprint density at radius 3 is 2.46 bits per heavy atom. The van der Waals surface area contributed by atoms with Gasteiger partial charge in [-0.15, -0.1) is 10.2 Å². The van der Waals surface area contributed by atoms with E-state index >= 15 is 0 Å². The quantitative estimate of drug-likeness (QED) is 0.599. The number of nitrogens with zero attached hydrogens (tertiary/aromatic N) is 4. The second-order valence-corrected chi connectivity index (χ2v) is 6.06. The number of hydrogen-bond acceptors (Lipinski definition) is 6. The average Bonchev–Trinajstić information content (AvgIpc) is 3.13. The van der Waals surface area contributed by atoms with Crippen LogP contribution in [0.5, 0.6) is 5.75 Å². The van der Waals surface area contributed by atoms with E-state index < -0.39 is 17.9 Å². The monoisotopic (exact) mass is 381 g/mol. The van der Waals surface area contributed by atoms with Crippen molar-refractivity contribution in [1.82, 2.24) is 25.5 Å². The summed E-state index contributed by atoms with van der Waals surface area (Å²) in [6.45, 7) is -0.290. The lowest BCUT2D eigenvalue weighted by Gasteiger charge is -2.15. The molecule has 2 aromatic carbocycles. The van der Waals surface area contributed by atoms with Crippen molar-refractivity contribution < 1.29 is 19.4 Å². The summed E-state index contributed by atoms with van der Waals surface area (Å²) in [4.78, 5) is 24.9. The van der Waals surface area contributed by atoms with Gasteiger partial charge in [0, 0.05) is 12.0 Å². The largest absolute Gasteiger partial charge is 0.484 e. The first-order chi connectivity index (χ1) is 13.5. The zero-order chi connectivity index (χ0) is 19.9. The highest BCUT2D eigenvalue weighted by Gasteiger charge is 2.20. The van der Waals surface area contributed by atoms with Crippen LogP contribution in [0, 0.1) is 0 Å². The standard InChI is InChI=1S/C19H19N5O4/c1-24-22-18(21-23-24)14-7-9-15(10-8-14)28-12-17(25)20-16(19(26)27)11-13-5-3-2-4-6-13/h2-10,16H,11-12H2,1H3,(H,20,25)(H,26,27). The maximum absolute atomic E-state index is 12.1. The number of aryl methyl sites for hydroxylation is 1. The van der Waals surface area contributed by atoms with Crippen molar-refractivity contribution in [1.29, 1.82) is 0 Å². The molecule has 0 fully saturated rings. The molecule has 28 heavy (non-hydrogen) atoms. The lowest BCUT2D eigenvalue weighted by atomic mass is 10.1. The van der Waals surface area contributed by atoms with Crippen molar-refractivity contribution in [2.45, 2.75) is 12.5 Å². The molecule has 1 heterocycles. The normalized spacial score (nSPS) is 11.6. The lowest BCUT2D eigenvalue weighted by molar-refractivity contribution is -0.142. The van der Waals surface area contributed by atoms with Crippen molar-refractivity contribution in [3.63, 3.8) is 0 Å². The number of tetrazole rings is 1. The summed E-state index contributed by atoms with van der Waals surface area (Å²) in [6.07, 6.45) is 0.196. The Bertz CT molecular complexity index is 940. The van der Waals surface area contributed by atoms with Gasteiger partial charge in [-0.3, -0.25) is 4.79 Å². The summed E-state index contributed by atoms with van der Waals surface area (Å²) in [5.41, 5.74) is 1.59. The maximum Gasteiger partial charge on any atom is 0.326 e. The molecule has 3 rings (SSSR count). The molecular formula is C19H19N5O4. The van der Waals surface area contributed by atoms with E-state index in [0.717, 1.165) is 11.1 Å². The highest BCUT2D eigenvalue weighted by Crippen LogP contribution is 2.18. The van der Waals surface area contributed by atoms with Crippen LogP contribution in [0.1, 0.15) is 5.56 Å². The summed E-state index contributed by atoms with van der Waals surface area (Å²) < 4.78 is 5.43. The first-order valence-corrected chi connectivity index (χ1v) is 8.54. The van der Waals surface area contributed by atoms with E-state index in [1.807, 2.05) is 30.3 Å². The molecule has 0 aliphatic carbocycles. The van der Waals surface area contributed by atoms with Crippen molar-refractivity contribution in [2.24, 2.45) is 7.05 Å². The van der Waals surface area contributed by atoms with Gasteiger partial charge in [0.1, 0.15) is 11.8 Å². The van der Waals surface area contributed by atoms with Gasteiger partial charge < -0.3 is 15.2 Å². The number of hydrogen-bond donors (Lipinski definition) is 2.